The Labute approximate surface area is 178 Å². The summed E-state index contributed by atoms with van der Waals surface area (Å²) in [4.78, 5) is 28.5. The lowest BCUT2D eigenvalue weighted by Crippen LogP contribution is -2.13. The number of hydrogen-bond donors (Lipinski definition) is 2. The Balaban J connectivity index is 1.13. The smallest absolute Gasteiger partial charge is 0.330 e. The van der Waals surface area contributed by atoms with E-state index in [4.69, 9.17) is 9.47 Å². The zero-order valence-corrected chi connectivity index (χ0v) is 17.0. The van der Waals surface area contributed by atoms with Crippen LogP contribution in [0.3, 0.4) is 0 Å². The lowest BCUT2D eigenvalue weighted by Gasteiger charge is -2.09. The Morgan fingerprint density at radius 1 is 0.613 bits per heavy atom. The van der Waals surface area contributed by atoms with E-state index in [0.29, 0.717) is 13.2 Å². The molecule has 0 amide bonds. The molecule has 4 rings (SSSR count). The summed E-state index contributed by atoms with van der Waals surface area (Å²) in [5, 5.41) is 0. The molecule has 4 aromatic rings. The van der Waals surface area contributed by atoms with E-state index in [0.717, 1.165) is 42.1 Å². The summed E-state index contributed by atoms with van der Waals surface area (Å²) in [7, 11) is 0. The summed E-state index contributed by atoms with van der Waals surface area (Å²) >= 11 is 0. The van der Waals surface area contributed by atoms with Crippen molar-refractivity contribution in [3.63, 3.8) is 0 Å². The Hall–Kier alpha value is -3.94. The average molecular weight is 420 g/mol. The van der Waals surface area contributed by atoms with Gasteiger partial charge in [-0.15, -0.1) is 0 Å². The van der Waals surface area contributed by atoms with Gasteiger partial charge in [-0.3, -0.25) is 9.13 Å². The molecule has 0 saturated carbocycles. The standard InChI is InChI=1S/C23H24N4O4/c28-22-24-12-14-26(22)18-4-8-20(9-5-18)30-16-2-1-3-17-31-21-10-6-19(7-11-21)27-15-13-25-23(27)29/h4-15H,1-3,16-17H2,(H,24,28)(H,25,29). The topological polar surface area (TPSA) is 94.0 Å². The average Bonchev–Trinajstić information content (AvgIpc) is 3.42. The van der Waals surface area contributed by atoms with Crippen LogP contribution in [0.25, 0.3) is 11.4 Å². The minimum atomic E-state index is -0.164. The van der Waals surface area contributed by atoms with Gasteiger partial charge in [0.15, 0.2) is 0 Å². The van der Waals surface area contributed by atoms with Gasteiger partial charge in [0.25, 0.3) is 0 Å². The van der Waals surface area contributed by atoms with Crippen LogP contribution in [0, 0.1) is 0 Å². The molecule has 8 heteroatoms. The van der Waals surface area contributed by atoms with Gasteiger partial charge in [-0.2, -0.15) is 0 Å². The third kappa shape index (κ3) is 5.16. The first-order valence-corrected chi connectivity index (χ1v) is 10.2. The molecule has 2 heterocycles. The van der Waals surface area contributed by atoms with Crippen LogP contribution in [-0.4, -0.2) is 32.3 Å². The number of H-pyrrole nitrogens is 2. The van der Waals surface area contributed by atoms with E-state index in [9.17, 15) is 9.59 Å². The second-order valence-corrected chi connectivity index (χ2v) is 7.02. The summed E-state index contributed by atoms with van der Waals surface area (Å²) in [6.45, 7) is 1.26. The minimum absolute atomic E-state index is 0.164. The molecule has 0 bridgehead atoms. The van der Waals surface area contributed by atoms with Gasteiger partial charge in [0, 0.05) is 24.8 Å². The molecule has 0 saturated heterocycles. The second kappa shape index (κ2) is 9.71. The van der Waals surface area contributed by atoms with E-state index in [1.54, 1.807) is 24.8 Å². The number of aromatic nitrogens is 4. The van der Waals surface area contributed by atoms with Gasteiger partial charge >= 0.3 is 11.4 Å². The van der Waals surface area contributed by atoms with Crippen LogP contribution in [0.15, 0.2) is 82.9 Å². The van der Waals surface area contributed by atoms with Gasteiger partial charge < -0.3 is 19.4 Å². The van der Waals surface area contributed by atoms with Crippen molar-refractivity contribution in [2.45, 2.75) is 19.3 Å². The molecule has 8 nitrogen and oxygen atoms in total. The van der Waals surface area contributed by atoms with Gasteiger partial charge in [0.2, 0.25) is 0 Å². The normalized spacial score (nSPS) is 10.8. The third-order valence-corrected chi connectivity index (χ3v) is 4.85. The number of nitrogens with one attached hydrogen (secondary N) is 2. The van der Waals surface area contributed by atoms with Crippen LogP contribution in [0.4, 0.5) is 0 Å². The minimum Gasteiger partial charge on any atom is -0.494 e. The highest BCUT2D eigenvalue weighted by molar-refractivity contribution is 5.38. The number of rotatable bonds is 10. The van der Waals surface area contributed by atoms with Crippen LogP contribution in [0.2, 0.25) is 0 Å². The monoisotopic (exact) mass is 420 g/mol. The molecule has 31 heavy (non-hydrogen) atoms. The van der Waals surface area contributed by atoms with E-state index < -0.39 is 0 Å². The zero-order valence-electron chi connectivity index (χ0n) is 17.0. The second-order valence-electron chi connectivity index (χ2n) is 7.02. The Morgan fingerprint density at radius 2 is 1.03 bits per heavy atom. The van der Waals surface area contributed by atoms with Gasteiger partial charge in [0.1, 0.15) is 11.5 Å². The highest BCUT2D eigenvalue weighted by Gasteiger charge is 2.02. The van der Waals surface area contributed by atoms with Gasteiger partial charge in [-0.25, -0.2) is 9.59 Å². The molecule has 0 aliphatic rings. The largest absolute Gasteiger partial charge is 0.494 e. The predicted molar refractivity (Wildman–Crippen MR) is 118 cm³/mol. The summed E-state index contributed by atoms with van der Waals surface area (Å²) < 4.78 is 14.6. The summed E-state index contributed by atoms with van der Waals surface area (Å²) in [6, 6.07) is 14.9. The van der Waals surface area contributed by atoms with Crippen molar-refractivity contribution in [2.24, 2.45) is 0 Å². The molecule has 0 aliphatic carbocycles. The molecular formula is C23H24N4O4. The molecule has 0 radical (unpaired) electrons. The Morgan fingerprint density at radius 3 is 1.39 bits per heavy atom. The van der Waals surface area contributed by atoms with Crippen molar-refractivity contribution in [3.05, 3.63) is 94.3 Å². The predicted octanol–water partition coefficient (Wildman–Crippen LogP) is 3.27. The number of nitrogens with zero attached hydrogens (tertiary/aromatic N) is 2. The van der Waals surface area contributed by atoms with E-state index in [2.05, 4.69) is 9.97 Å². The van der Waals surface area contributed by atoms with Crippen molar-refractivity contribution < 1.29 is 9.47 Å². The molecule has 0 atom stereocenters. The number of unbranched alkanes of at least 4 members (excludes halogenated alkanes) is 2. The molecular weight excluding hydrogens is 396 g/mol. The molecule has 2 aromatic heterocycles. The fourth-order valence-corrected chi connectivity index (χ4v) is 3.21. The van der Waals surface area contributed by atoms with E-state index in [1.165, 1.54) is 9.13 Å². The van der Waals surface area contributed by atoms with Crippen LogP contribution >= 0.6 is 0 Å². The maximum atomic E-state index is 11.6. The fraction of sp³-hybridized carbons (Fsp3) is 0.217. The van der Waals surface area contributed by atoms with E-state index >= 15 is 0 Å². The Bertz CT molecular complexity index is 1100. The maximum Gasteiger partial charge on any atom is 0.330 e. The van der Waals surface area contributed by atoms with Crippen LogP contribution in [0.5, 0.6) is 11.5 Å². The van der Waals surface area contributed by atoms with Crippen LogP contribution in [-0.2, 0) is 0 Å². The van der Waals surface area contributed by atoms with Crippen molar-refractivity contribution in [3.8, 4) is 22.9 Å². The maximum absolute atomic E-state index is 11.6. The van der Waals surface area contributed by atoms with Crippen molar-refractivity contribution in [1.82, 2.24) is 19.1 Å². The van der Waals surface area contributed by atoms with Crippen molar-refractivity contribution in [1.29, 1.82) is 0 Å². The summed E-state index contributed by atoms with van der Waals surface area (Å²) in [6.07, 6.45) is 9.45. The number of hydrogen-bond acceptors (Lipinski definition) is 4. The molecule has 0 aliphatic heterocycles. The fourth-order valence-electron chi connectivity index (χ4n) is 3.21. The summed E-state index contributed by atoms with van der Waals surface area (Å²) in [5.41, 5.74) is 1.26. The molecule has 2 aromatic carbocycles. The molecule has 0 fully saturated rings. The Kier molecular flexibility index (Phi) is 6.37. The van der Waals surface area contributed by atoms with Gasteiger partial charge in [0.05, 0.1) is 24.6 Å². The first-order chi connectivity index (χ1) is 15.2. The van der Waals surface area contributed by atoms with Crippen LogP contribution < -0.4 is 20.9 Å². The highest BCUT2D eigenvalue weighted by atomic mass is 16.5. The van der Waals surface area contributed by atoms with E-state index in [1.807, 2.05) is 48.5 Å². The molecule has 0 unspecified atom stereocenters. The SMILES string of the molecule is O=c1[nH]ccn1-c1ccc(OCCCCCOc2ccc(-n3cc[nH]c3=O)cc2)cc1. The number of ether oxygens (including phenoxy) is 2. The zero-order chi connectivity index (χ0) is 21.5. The number of benzene rings is 2. The summed E-state index contributed by atoms with van der Waals surface area (Å²) in [5.74, 6) is 1.57. The first kappa shape index (κ1) is 20.3. The molecule has 2 N–H and O–H groups in total. The first-order valence-electron chi connectivity index (χ1n) is 10.2. The molecule has 160 valence electrons. The third-order valence-electron chi connectivity index (χ3n) is 4.85. The van der Waals surface area contributed by atoms with Gasteiger partial charge in [-0.05, 0) is 67.8 Å². The molecule has 0 spiro atoms. The van der Waals surface area contributed by atoms with Gasteiger partial charge in [-0.1, -0.05) is 0 Å². The number of aromatic amines is 2. The van der Waals surface area contributed by atoms with Crippen molar-refractivity contribution in [2.75, 3.05) is 13.2 Å². The van der Waals surface area contributed by atoms with Crippen LogP contribution in [0.1, 0.15) is 19.3 Å². The van der Waals surface area contributed by atoms with Crippen molar-refractivity contribution >= 4 is 0 Å². The lowest BCUT2D eigenvalue weighted by molar-refractivity contribution is 0.279. The highest BCUT2D eigenvalue weighted by Crippen LogP contribution is 2.16. The number of imidazole rings is 2. The quantitative estimate of drug-likeness (QED) is 0.385. The van der Waals surface area contributed by atoms with E-state index in [-0.39, 0.29) is 11.4 Å². The lowest BCUT2D eigenvalue weighted by atomic mass is 10.2.